The Morgan fingerprint density at radius 2 is 1.14 bits per heavy atom. The molecule has 0 radical (unpaired) electrons. The van der Waals surface area contributed by atoms with Gasteiger partial charge in [-0.2, -0.15) is 0 Å². The quantitative estimate of drug-likeness (QED) is 0.175. The lowest BCUT2D eigenvalue weighted by atomic mass is 9.82. The van der Waals surface area contributed by atoms with Gasteiger partial charge in [0, 0.05) is 44.1 Å². The van der Waals surface area contributed by atoms with Crippen LogP contribution in [0.25, 0.3) is 82.5 Å². The summed E-state index contributed by atoms with van der Waals surface area (Å²) < 4.78 is 9.37. The Hall–Kier alpha value is -7.36. The molecule has 9 aromatic carbocycles. The first kappa shape index (κ1) is 32.8. The van der Waals surface area contributed by atoms with Gasteiger partial charge in [0.15, 0.2) is 0 Å². The van der Waals surface area contributed by atoms with Crippen molar-refractivity contribution in [1.82, 2.24) is 4.57 Å². The first-order chi connectivity index (χ1) is 28.6. The number of benzene rings is 9. The van der Waals surface area contributed by atoms with Crippen LogP contribution in [0.3, 0.4) is 0 Å². The SMILES string of the molecule is CC1(C)c2ccccc2-c2c(N(c3ccc4c(c3)c3ccccc3n4-c3ccccc3)c3ccc(-c4cccc5ccccc45)c4oc5ccccc5c34)cccc21. The molecule has 0 saturated carbocycles. The third-order valence-corrected chi connectivity index (χ3v) is 12.6. The van der Waals surface area contributed by atoms with Gasteiger partial charge < -0.3 is 13.9 Å². The van der Waals surface area contributed by atoms with Crippen molar-refractivity contribution >= 4 is 71.6 Å². The van der Waals surface area contributed by atoms with Gasteiger partial charge in [-0.1, -0.05) is 147 Å². The molecule has 0 amide bonds. The predicted molar refractivity (Wildman–Crippen MR) is 243 cm³/mol. The highest BCUT2D eigenvalue weighted by Crippen LogP contribution is 2.56. The fourth-order valence-corrected chi connectivity index (χ4v) is 9.95. The zero-order chi connectivity index (χ0) is 38.5. The lowest BCUT2D eigenvalue weighted by Gasteiger charge is -2.30. The minimum absolute atomic E-state index is 0.156. The summed E-state index contributed by atoms with van der Waals surface area (Å²) in [7, 11) is 0. The van der Waals surface area contributed by atoms with E-state index in [0.29, 0.717) is 0 Å². The Morgan fingerprint density at radius 1 is 0.466 bits per heavy atom. The van der Waals surface area contributed by atoms with Gasteiger partial charge in [-0.15, -0.1) is 0 Å². The largest absolute Gasteiger partial charge is 0.455 e. The second-order valence-electron chi connectivity index (χ2n) is 16.1. The third kappa shape index (κ3) is 4.62. The van der Waals surface area contributed by atoms with Crippen LogP contribution < -0.4 is 4.90 Å². The van der Waals surface area contributed by atoms with Gasteiger partial charge in [0.2, 0.25) is 0 Å². The standard InChI is InChI=1S/C55H38N2O/c1-55(2)45-25-11-8-22-42(45)52-46(55)26-15-28-49(52)57(37-30-32-48-44(34-37)40-21-9-12-27-47(40)56(48)36-18-4-3-5-19-36)50-33-31-41(39-24-14-17-35-16-6-7-20-38(35)39)54-53(50)43-23-10-13-29-51(43)58-54/h3-34H,1-2H3. The number of anilines is 3. The molecule has 274 valence electrons. The molecule has 0 aliphatic heterocycles. The van der Waals surface area contributed by atoms with E-state index in [4.69, 9.17) is 4.42 Å². The van der Waals surface area contributed by atoms with Gasteiger partial charge >= 0.3 is 0 Å². The maximum Gasteiger partial charge on any atom is 0.145 e. The summed E-state index contributed by atoms with van der Waals surface area (Å²) in [6, 6.07) is 70.6. The molecule has 0 N–H and O–H groups in total. The Kier molecular flexibility index (Phi) is 6.98. The van der Waals surface area contributed by atoms with Crippen LogP contribution in [-0.4, -0.2) is 4.57 Å². The van der Waals surface area contributed by atoms with E-state index in [0.717, 1.165) is 55.8 Å². The molecule has 0 saturated heterocycles. The molecule has 3 nitrogen and oxygen atoms in total. The van der Waals surface area contributed by atoms with Crippen LogP contribution in [0.1, 0.15) is 25.0 Å². The van der Waals surface area contributed by atoms with Crippen molar-refractivity contribution in [2.45, 2.75) is 19.3 Å². The van der Waals surface area contributed by atoms with E-state index < -0.39 is 0 Å². The minimum atomic E-state index is -0.156. The second-order valence-corrected chi connectivity index (χ2v) is 16.1. The van der Waals surface area contributed by atoms with E-state index in [1.165, 1.54) is 54.8 Å². The van der Waals surface area contributed by atoms with Crippen molar-refractivity contribution in [2.24, 2.45) is 0 Å². The summed E-state index contributed by atoms with van der Waals surface area (Å²) >= 11 is 0. The van der Waals surface area contributed by atoms with Gasteiger partial charge in [-0.3, -0.25) is 0 Å². The summed E-state index contributed by atoms with van der Waals surface area (Å²) in [5, 5.41) is 7.02. The van der Waals surface area contributed by atoms with Crippen LogP contribution in [0, 0.1) is 0 Å². The zero-order valence-electron chi connectivity index (χ0n) is 32.3. The number of hydrogen-bond acceptors (Lipinski definition) is 2. The normalized spacial score (nSPS) is 13.1. The van der Waals surface area contributed by atoms with Crippen LogP contribution in [0.5, 0.6) is 0 Å². The van der Waals surface area contributed by atoms with Crippen molar-refractivity contribution in [1.29, 1.82) is 0 Å². The van der Waals surface area contributed by atoms with Crippen molar-refractivity contribution in [2.75, 3.05) is 4.90 Å². The van der Waals surface area contributed by atoms with Crippen molar-refractivity contribution in [3.8, 4) is 27.9 Å². The summed E-state index contributed by atoms with van der Waals surface area (Å²) in [6.07, 6.45) is 0. The Morgan fingerprint density at radius 3 is 2.03 bits per heavy atom. The smallest absolute Gasteiger partial charge is 0.145 e. The van der Waals surface area contributed by atoms with Gasteiger partial charge in [0.1, 0.15) is 11.2 Å². The topological polar surface area (TPSA) is 21.3 Å². The molecular formula is C55H38N2O. The zero-order valence-corrected chi connectivity index (χ0v) is 32.3. The molecule has 0 fully saturated rings. The molecule has 2 aromatic heterocycles. The molecule has 58 heavy (non-hydrogen) atoms. The number of aromatic nitrogens is 1. The third-order valence-electron chi connectivity index (χ3n) is 12.6. The molecule has 0 spiro atoms. The Labute approximate surface area is 336 Å². The highest BCUT2D eigenvalue weighted by atomic mass is 16.3. The summed E-state index contributed by atoms with van der Waals surface area (Å²) in [6.45, 7) is 4.72. The molecular weight excluding hydrogens is 705 g/mol. The first-order valence-corrected chi connectivity index (χ1v) is 20.1. The summed E-state index contributed by atoms with van der Waals surface area (Å²) in [5.74, 6) is 0. The van der Waals surface area contributed by atoms with Gasteiger partial charge in [-0.25, -0.2) is 0 Å². The molecule has 0 bridgehead atoms. The fourth-order valence-electron chi connectivity index (χ4n) is 9.95. The minimum Gasteiger partial charge on any atom is -0.455 e. The van der Waals surface area contributed by atoms with E-state index in [2.05, 4.69) is 217 Å². The van der Waals surface area contributed by atoms with Crippen molar-refractivity contribution in [3.63, 3.8) is 0 Å². The molecule has 0 atom stereocenters. The lowest BCUT2D eigenvalue weighted by molar-refractivity contribution is 0.660. The number of fused-ring (bicyclic) bond motifs is 10. The molecule has 1 aliphatic rings. The summed E-state index contributed by atoms with van der Waals surface area (Å²) in [4.78, 5) is 2.50. The molecule has 1 aliphatic carbocycles. The van der Waals surface area contributed by atoms with Crippen LogP contribution in [-0.2, 0) is 5.41 Å². The number of rotatable bonds is 5. The van der Waals surface area contributed by atoms with Crippen molar-refractivity contribution < 1.29 is 4.42 Å². The van der Waals surface area contributed by atoms with Gasteiger partial charge in [0.25, 0.3) is 0 Å². The van der Waals surface area contributed by atoms with E-state index in [1.807, 2.05) is 0 Å². The average molecular weight is 743 g/mol. The number of para-hydroxylation sites is 3. The van der Waals surface area contributed by atoms with Crippen LogP contribution in [0.2, 0.25) is 0 Å². The molecule has 11 aromatic rings. The van der Waals surface area contributed by atoms with E-state index >= 15 is 0 Å². The average Bonchev–Trinajstić information content (AvgIpc) is 3.90. The highest BCUT2D eigenvalue weighted by molar-refractivity contribution is 6.19. The lowest BCUT2D eigenvalue weighted by Crippen LogP contribution is -2.16. The first-order valence-electron chi connectivity index (χ1n) is 20.1. The number of nitrogens with zero attached hydrogens (tertiary/aromatic N) is 2. The maximum atomic E-state index is 6.98. The van der Waals surface area contributed by atoms with Gasteiger partial charge in [0.05, 0.1) is 27.8 Å². The maximum absolute atomic E-state index is 6.98. The second kappa shape index (κ2) is 12.3. The van der Waals surface area contributed by atoms with Gasteiger partial charge in [-0.05, 0) is 93.7 Å². The molecule has 12 rings (SSSR count). The Bertz CT molecular complexity index is 3430. The van der Waals surface area contributed by atoms with E-state index in [1.54, 1.807) is 0 Å². The Balaban J connectivity index is 1.20. The molecule has 2 heterocycles. The molecule has 3 heteroatoms. The van der Waals surface area contributed by atoms with Crippen LogP contribution >= 0.6 is 0 Å². The number of furan rings is 1. The predicted octanol–water partition coefficient (Wildman–Crippen LogP) is 15.3. The van der Waals surface area contributed by atoms with Crippen LogP contribution in [0.4, 0.5) is 17.1 Å². The van der Waals surface area contributed by atoms with E-state index in [9.17, 15) is 0 Å². The number of hydrogen-bond donors (Lipinski definition) is 0. The monoisotopic (exact) mass is 742 g/mol. The van der Waals surface area contributed by atoms with Crippen LogP contribution in [0.15, 0.2) is 199 Å². The molecule has 0 unspecified atom stereocenters. The van der Waals surface area contributed by atoms with E-state index in [-0.39, 0.29) is 5.41 Å². The summed E-state index contributed by atoms with van der Waals surface area (Å²) in [5.41, 5.74) is 15.9. The van der Waals surface area contributed by atoms with Crippen molar-refractivity contribution in [3.05, 3.63) is 205 Å². The fraction of sp³-hybridized carbons (Fsp3) is 0.0545. The highest BCUT2D eigenvalue weighted by Gasteiger charge is 2.38.